The van der Waals surface area contributed by atoms with E-state index in [9.17, 15) is 0 Å². The highest BCUT2D eigenvalue weighted by Gasteiger charge is 2.19. The summed E-state index contributed by atoms with van der Waals surface area (Å²) in [6.07, 6.45) is 4.79. The molecule has 1 aliphatic carbocycles. The van der Waals surface area contributed by atoms with Gasteiger partial charge in [0.2, 0.25) is 0 Å². The normalized spacial score (nSPS) is 23.4. The zero-order chi connectivity index (χ0) is 13.0. The summed E-state index contributed by atoms with van der Waals surface area (Å²) in [5, 5.41) is 15.8. The van der Waals surface area contributed by atoms with E-state index in [0.29, 0.717) is 17.6 Å². The Balaban J connectivity index is 1.98. The third kappa shape index (κ3) is 3.47. The standard InChI is InChI=1S/C14H18BrN3/c1-17-12-2-4-13(5-3-12)18-14-7-10(9-16)6-11(15)8-14/h6-8,12-13,17-18H,2-5H2,1H3. The smallest absolute Gasteiger partial charge is 0.0992 e. The molecule has 1 aliphatic rings. The molecule has 1 aromatic carbocycles. The van der Waals surface area contributed by atoms with Crippen molar-refractivity contribution >= 4 is 21.6 Å². The van der Waals surface area contributed by atoms with Crippen molar-refractivity contribution in [3.8, 4) is 6.07 Å². The summed E-state index contributed by atoms with van der Waals surface area (Å²) in [6.45, 7) is 0. The van der Waals surface area contributed by atoms with Crippen molar-refractivity contribution in [1.82, 2.24) is 5.32 Å². The van der Waals surface area contributed by atoms with E-state index < -0.39 is 0 Å². The molecular formula is C14H18BrN3. The highest BCUT2D eigenvalue weighted by Crippen LogP contribution is 2.25. The van der Waals surface area contributed by atoms with Gasteiger partial charge in [0.25, 0.3) is 0 Å². The lowest BCUT2D eigenvalue weighted by molar-refractivity contribution is 0.371. The molecule has 1 saturated carbocycles. The fourth-order valence-electron chi connectivity index (χ4n) is 2.50. The maximum Gasteiger partial charge on any atom is 0.0992 e. The van der Waals surface area contributed by atoms with Crippen LogP contribution in [-0.2, 0) is 0 Å². The molecule has 18 heavy (non-hydrogen) atoms. The summed E-state index contributed by atoms with van der Waals surface area (Å²) in [6, 6.07) is 9.15. The van der Waals surface area contributed by atoms with Crippen LogP contribution in [0.15, 0.2) is 22.7 Å². The van der Waals surface area contributed by atoms with E-state index in [1.165, 1.54) is 25.7 Å². The summed E-state index contributed by atoms with van der Waals surface area (Å²) in [5.41, 5.74) is 1.73. The summed E-state index contributed by atoms with van der Waals surface area (Å²) >= 11 is 3.44. The van der Waals surface area contributed by atoms with Crippen LogP contribution in [0.4, 0.5) is 5.69 Å². The second-order valence-electron chi connectivity index (χ2n) is 4.82. The molecule has 1 fully saturated rings. The topological polar surface area (TPSA) is 47.8 Å². The number of hydrogen-bond donors (Lipinski definition) is 2. The van der Waals surface area contributed by atoms with Crippen molar-refractivity contribution in [3.63, 3.8) is 0 Å². The third-order valence-corrected chi connectivity index (χ3v) is 3.99. The lowest BCUT2D eigenvalue weighted by atomic mass is 9.91. The monoisotopic (exact) mass is 307 g/mol. The zero-order valence-corrected chi connectivity index (χ0v) is 12.1. The van der Waals surface area contributed by atoms with Crippen molar-refractivity contribution in [2.75, 3.05) is 12.4 Å². The third-order valence-electron chi connectivity index (χ3n) is 3.53. The number of halogens is 1. The quantitative estimate of drug-likeness (QED) is 0.901. The van der Waals surface area contributed by atoms with Crippen LogP contribution in [-0.4, -0.2) is 19.1 Å². The summed E-state index contributed by atoms with van der Waals surface area (Å²) in [4.78, 5) is 0. The van der Waals surface area contributed by atoms with Gasteiger partial charge in [-0.3, -0.25) is 0 Å². The fraction of sp³-hybridized carbons (Fsp3) is 0.500. The minimum Gasteiger partial charge on any atom is -0.382 e. The number of nitriles is 1. The van der Waals surface area contributed by atoms with E-state index in [4.69, 9.17) is 5.26 Å². The van der Waals surface area contributed by atoms with Gasteiger partial charge < -0.3 is 10.6 Å². The molecule has 0 radical (unpaired) electrons. The number of nitrogens with one attached hydrogen (secondary N) is 2. The van der Waals surface area contributed by atoms with Crippen molar-refractivity contribution in [3.05, 3.63) is 28.2 Å². The average molecular weight is 308 g/mol. The maximum atomic E-state index is 8.95. The van der Waals surface area contributed by atoms with Crippen molar-refractivity contribution < 1.29 is 0 Å². The number of rotatable bonds is 3. The first-order chi connectivity index (χ1) is 8.71. The average Bonchev–Trinajstić information content (AvgIpc) is 2.39. The van der Waals surface area contributed by atoms with E-state index in [1.807, 2.05) is 25.2 Å². The zero-order valence-electron chi connectivity index (χ0n) is 10.5. The highest BCUT2D eigenvalue weighted by atomic mass is 79.9. The van der Waals surface area contributed by atoms with Crippen molar-refractivity contribution in [2.24, 2.45) is 0 Å². The Bertz CT molecular complexity index is 445. The molecule has 0 saturated heterocycles. The van der Waals surface area contributed by atoms with Gasteiger partial charge >= 0.3 is 0 Å². The first kappa shape index (κ1) is 13.4. The van der Waals surface area contributed by atoms with Crippen LogP contribution in [0.5, 0.6) is 0 Å². The molecule has 4 heteroatoms. The lowest BCUT2D eigenvalue weighted by Crippen LogP contribution is -2.34. The van der Waals surface area contributed by atoms with Gasteiger partial charge in [-0.15, -0.1) is 0 Å². The molecule has 0 bridgehead atoms. The van der Waals surface area contributed by atoms with Crippen LogP contribution in [0, 0.1) is 11.3 Å². The van der Waals surface area contributed by atoms with E-state index >= 15 is 0 Å². The van der Waals surface area contributed by atoms with Gasteiger partial charge in [-0.2, -0.15) is 5.26 Å². The second kappa shape index (κ2) is 6.21. The van der Waals surface area contributed by atoms with Crippen LogP contribution in [0.3, 0.4) is 0 Å². The minimum absolute atomic E-state index is 0.524. The van der Waals surface area contributed by atoms with Gasteiger partial charge in [0.05, 0.1) is 11.6 Å². The molecule has 0 aromatic heterocycles. The molecule has 3 nitrogen and oxygen atoms in total. The summed E-state index contributed by atoms with van der Waals surface area (Å²) < 4.78 is 0.952. The van der Waals surface area contributed by atoms with E-state index in [1.54, 1.807) is 0 Å². The lowest BCUT2D eigenvalue weighted by Gasteiger charge is -2.29. The molecule has 0 amide bonds. The van der Waals surface area contributed by atoms with Gasteiger partial charge in [-0.25, -0.2) is 0 Å². The Kier molecular flexibility index (Phi) is 4.62. The largest absolute Gasteiger partial charge is 0.382 e. The van der Waals surface area contributed by atoms with Gasteiger partial charge in [-0.1, -0.05) is 15.9 Å². The first-order valence-corrected chi connectivity index (χ1v) is 7.15. The maximum absolute atomic E-state index is 8.95. The molecule has 0 atom stereocenters. The van der Waals surface area contributed by atoms with Crippen LogP contribution in [0.2, 0.25) is 0 Å². The van der Waals surface area contributed by atoms with E-state index in [2.05, 4.69) is 32.6 Å². The Morgan fingerprint density at radius 2 is 1.83 bits per heavy atom. The minimum atomic E-state index is 0.524. The molecule has 96 valence electrons. The van der Waals surface area contributed by atoms with Crippen molar-refractivity contribution in [2.45, 2.75) is 37.8 Å². The Labute approximate surface area is 117 Å². The molecule has 2 rings (SSSR count). The molecule has 0 unspecified atom stereocenters. The number of hydrogen-bond acceptors (Lipinski definition) is 3. The number of anilines is 1. The van der Waals surface area contributed by atoms with Crippen LogP contribution in [0.25, 0.3) is 0 Å². The second-order valence-corrected chi connectivity index (χ2v) is 5.74. The Morgan fingerprint density at radius 1 is 1.17 bits per heavy atom. The fourth-order valence-corrected chi connectivity index (χ4v) is 2.99. The van der Waals surface area contributed by atoms with Gasteiger partial charge in [0.15, 0.2) is 0 Å². The SMILES string of the molecule is CNC1CCC(Nc2cc(Br)cc(C#N)c2)CC1. The molecular weight excluding hydrogens is 290 g/mol. The first-order valence-electron chi connectivity index (χ1n) is 6.35. The van der Waals surface area contributed by atoms with Crippen LogP contribution in [0.1, 0.15) is 31.2 Å². The Morgan fingerprint density at radius 3 is 2.44 bits per heavy atom. The predicted molar refractivity (Wildman–Crippen MR) is 77.6 cm³/mol. The summed E-state index contributed by atoms with van der Waals surface area (Å²) in [7, 11) is 2.03. The summed E-state index contributed by atoms with van der Waals surface area (Å²) in [5.74, 6) is 0. The van der Waals surface area contributed by atoms with Gasteiger partial charge in [0.1, 0.15) is 0 Å². The molecule has 2 N–H and O–H groups in total. The Hall–Kier alpha value is -1.05. The molecule has 0 aliphatic heterocycles. The molecule has 1 aromatic rings. The molecule has 0 spiro atoms. The predicted octanol–water partition coefficient (Wildman–Crippen LogP) is 3.26. The van der Waals surface area contributed by atoms with Gasteiger partial charge in [-0.05, 0) is 50.9 Å². The van der Waals surface area contributed by atoms with E-state index in [-0.39, 0.29) is 0 Å². The number of benzene rings is 1. The number of nitrogens with zero attached hydrogens (tertiary/aromatic N) is 1. The van der Waals surface area contributed by atoms with Crippen molar-refractivity contribution in [1.29, 1.82) is 5.26 Å². The molecule has 0 heterocycles. The van der Waals surface area contributed by atoms with Crippen LogP contribution >= 0.6 is 15.9 Å². The highest BCUT2D eigenvalue weighted by molar-refractivity contribution is 9.10. The van der Waals surface area contributed by atoms with E-state index in [0.717, 1.165) is 10.2 Å². The van der Waals surface area contributed by atoms with Gasteiger partial charge in [0, 0.05) is 22.2 Å². The van der Waals surface area contributed by atoms with Crippen LogP contribution < -0.4 is 10.6 Å².